The number of phenolic OH excluding ortho intramolecular Hbond substituents is 1. The number of hydrogen-bond donors (Lipinski definition) is 2. The van der Waals surface area contributed by atoms with Gasteiger partial charge in [-0.05, 0) is 72.2 Å². The smallest absolute Gasteiger partial charge is 0.153 e. The summed E-state index contributed by atoms with van der Waals surface area (Å²) in [6.45, 7) is 0. The SMILES string of the molecule is O=Cc1cc(C2CC2)cc(NSC2=C(N=O)C=CCC(Br)=C2)c1O. The van der Waals surface area contributed by atoms with Crippen molar-refractivity contribution in [3.8, 4) is 5.75 Å². The molecule has 0 atom stereocenters. The molecule has 0 amide bonds. The van der Waals surface area contributed by atoms with E-state index in [9.17, 15) is 14.8 Å². The standard InChI is InChI=1S/C17H15BrN2O3S/c18-13-2-1-3-14(19-23)16(8-13)24-20-15-7-11(10-4-5-10)6-12(9-21)17(15)22/h1,3,6-10,20,22H,2,4-5H2. The van der Waals surface area contributed by atoms with Crippen LogP contribution in [0, 0.1) is 4.91 Å². The third-order valence-electron chi connectivity index (χ3n) is 3.84. The molecule has 0 aromatic heterocycles. The van der Waals surface area contributed by atoms with Crippen LogP contribution in [0.15, 0.2) is 50.6 Å². The number of carbonyl (C=O) groups is 1. The van der Waals surface area contributed by atoms with Crippen molar-refractivity contribution >= 4 is 39.9 Å². The lowest BCUT2D eigenvalue weighted by atomic mass is 10.1. The van der Waals surface area contributed by atoms with E-state index in [4.69, 9.17) is 0 Å². The largest absolute Gasteiger partial charge is 0.505 e. The minimum atomic E-state index is -0.0877. The average molecular weight is 407 g/mol. The summed E-state index contributed by atoms with van der Waals surface area (Å²) in [5.41, 5.74) is 2.08. The Morgan fingerprint density at radius 3 is 2.83 bits per heavy atom. The van der Waals surface area contributed by atoms with Crippen LogP contribution in [0.25, 0.3) is 0 Å². The molecule has 3 rings (SSSR count). The van der Waals surface area contributed by atoms with Gasteiger partial charge in [0.25, 0.3) is 0 Å². The number of anilines is 1. The highest BCUT2D eigenvalue weighted by molar-refractivity contribution is 9.11. The van der Waals surface area contributed by atoms with E-state index in [1.54, 1.807) is 12.1 Å². The fourth-order valence-corrected chi connectivity index (χ4v) is 3.76. The molecule has 0 spiro atoms. The van der Waals surface area contributed by atoms with Gasteiger partial charge in [0.1, 0.15) is 11.4 Å². The molecule has 24 heavy (non-hydrogen) atoms. The summed E-state index contributed by atoms with van der Waals surface area (Å²) < 4.78 is 3.97. The van der Waals surface area contributed by atoms with Gasteiger partial charge in [-0.1, -0.05) is 22.0 Å². The van der Waals surface area contributed by atoms with Crippen LogP contribution >= 0.6 is 27.9 Å². The summed E-state index contributed by atoms with van der Waals surface area (Å²) in [7, 11) is 0. The number of phenols is 1. The fourth-order valence-electron chi connectivity index (χ4n) is 2.41. The van der Waals surface area contributed by atoms with Crippen LogP contribution in [-0.4, -0.2) is 11.4 Å². The van der Waals surface area contributed by atoms with E-state index in [-0.39, 0.29) is 11.3 Å². The molecule has 2 N–H and O–H groups in total. The highest BCUT2D eigenvalue weighted by Crippen LogP contribution is 2.44. The Morgan fingerprint density at radius 2 is 2.17 bits per heavy atom. The van der Waals surface area contributed by atoms with Crippen molar-refractivity contribution in [1.29, 1.82) is 0 Å². The van der Waals surface area contributed by atoms with Gasteiger partial charge >= 0.3 is 0 Å². The van der Waals surface area contributed by atoms with Gasteiger partial charge in [-0.3, -0.25) is 4.79 Å². The van der Waals surface area contributed by atoms with Gasteiger partial charge in [0.15, 0.2) is 6.29 Å². The summed E-state index contributed by atoms with van der Waals surface area (Å²) >= 11 is 4.61. The number of allylic oxidation sites excluding steroid dienone is 4. The third-order valence-corrected chi connectivity index (χ3v) is 5.26. The van der Waals surface area contributed by atoms with E-state index in [0.717, 1.165) is 22.9 Å². The highest BCUT2D eigenvalue weighted by Gasteiger charge is 2.25. The summed E-state index contributed by atoms with van der Waals surface area (Å²) in [6.07, 6.45) is 8.86. The van der Waals surface area contributed by atoms with E-state index >= 15 is 0 Å². The van der Waals surface area contributed by atoms with E-state index in [1.165, 1.54) is 11.9 Å². The highest BCUT2D eigenvalue weighted by atomic mass is 79.9. The molecule has 7 heteroatoms. The fraction of sp³-hybridized carbons (Fsp3) is 0.235. The summed E-state index contributed by atoms with van der Waals surface area (Å²) in [5, 5.41) is 13.3. The Morgan fingerprint density at radius 1 is 1.38 bits per heavy atom. The van der Waals surface area contributed by atoms with Crippen LogP contribution in [0.3, 0.4) is 0 Å². The lowest BCUT2D eigenvalue weighted by Crippen LogP contribution is -1.95. The zero-order valence-electron chi connectivity index (χ0n) is 12.7. The molecule has 0 radical (unpaired) electrons. The predicted molar refractivity (Wildman–Crippen MR) is 100 cm³/mol. The van der Waals surface area contributed by atoms with Crippen LogP contribution in [0.2, 0.25) is 0 Å². The zero-order chi connectivity index (χ0) is 17.1. The number of halogens is 1. The Labute approximate surface area is 152 Å². The Bertz CT molecular complexity index is 782. The van der Waals surface area contributed by atoms with Gasteiger partial charge in [0.2, 0.25) is 0 Å². The predicted octanol–water partition coefficient (Wildman–Crippen LogP) is 5.36. The van der Waals surface area contributed by atoms with Crippen molar-refractivity contribution in [3.63, 3.8) is 0 Å². The first-order valence-electron chi connectivity index (χ1n) is 7.47. The number of carbonyl (C=O) groups excluding carboxylic acids is 1. The molecule has 0 heterocycles. The van der Waals surface area contributed by atoms with Gasteiger partial charge in [-0.2, -0.15) is 0 Å². The van der Waals surface area contributed by atoms with E-state index in [0.29, 0.717) is 34.9 Å². The molecule has 5 nitrogen and oxygen atoms in total. The van der Waals surface area contributed by atoms with Gasteiger partial charge in [0.05, 0.1) is 16.2 Å². The lowest BCUT2D eigenvalue weighted by molar-refractivity contribution is 0.112. The first-order chi connectivity index (χ1) is 11.6. The van der Waals surface area contributed by atoms with E-state index in [1.807, 2.05) is 18.2 Å². The number of hydrogen-bond acceptors (Lipinski definition) is 6. The van der Waals surface area contributed by atoms with Crippen molar-refractivity contribution in [3.05, 3.63) is 61.5 Å². The van der Waals surface area contributed by atoms with Crippen LogP contribution < -0.4 is 4.72 Å². The Hall–Kier alpha value is -1.86. The first-order valence-corrected chi connectivity index (χ1v) is 9.08. The number of nitrogens with zero attached hydrogens (tertiary/aromatic N) is 1. The molecule has 1 aromatic carbocycles. The van der Waals surface area contributed by atoms with E-state index < -0.39 is 0 Å². The summed E-state index contributed by atoms with van der Waals surface area (Å²) in [6, 6.07) is 3.59. The summed E-state index contributed by atoms with van der Waals surface area (Å²) in [4.78, 5) is 22.8. The molecular weight excluding hydrogens is 392 g/mol. The van der Waals surface area contributed by atoms with Crippen molar-refractivity contribution < 1.29 is 9.90 Å². The quantitative estimate of drug-likeness (QED) is 0.287. The molecule has 1 saturated carbocycles. The van der Waals surface area contributed by atoms with Crippen LogP contribution in [0.5, 0.6) is 5.75 Å². The van der Waals surface area contributed by atoms with Crippen molar-refractivity contribution in [2.24, 2.45) is 5.18 Å². The first kappa shape index (κ1) is 17.0. The van der Waals surface area contributed by atoms with Gasteiger partial charge in [-0.25, -0.2) is 0 Å². The molecule has 0 saturated heterocycles. The third kappa shape index (κ3) is 3.79. The van der Waals surface area contributed by atoms with E-state index in [2.05, 4.69) is 25.8 Å². The van der Waals surface area contributed by atoms with Gasteiger partial charge in [0, 0.05) is 4.48 Å². The van der Waals surface area contributed by atoms with Gasteiger partial charge < -0.3 is 9.83 Å². The maximum Gasteiger partial charge on any atom is 0.153 e. The van der Waals surface area contributed by atoms with Crippen molar-refractivity contribution in [2.75, 3.05) is 4.72 Å². The second-order valence-corrected chi connectivity index (χ2v) is 7.51. The normalized spacial score (nSPS) is 17.3. The topological polar surface area (TPSA) is 78.8 Å². The number of benzene rings is 1. The molecule has 0 unspecified atom stereocenters. The number of nitrogens with one attached hydrogen (secondary N) is 1. The van der Waals surface area contributed by atoms with Crippen LogP contribution in [-0.2, 0) is 0 Å². The molecule has 2 aliphatic rings. The lowest BCUT2D eigenvalue weighted by Gasteiger charge is -2.12. The average Bonchev–Trinajstić information content (AvgIpc) is 3.42. The second kappa shape index (κ2) is 7.36. The zero-order valence-corrected chi connectivity index (χ0v) is 15.1. The molecule has 1 fully saturated rings. The van der Waals surface area contributed by atoms with Crippen molar-refractivity contribution in [1.82, 2.24) is 0 Å². The molecular formula is C17H15BrN2O3S. The molecule has 1 aromatic rings. The number of aldehydes is 1. The monoisotopic (exact) mass is 406 g/mol. The molecule has 0 aliphatic heterocycles. The minimum absolute atomic E-state index is 0.0877. The molecule has 2 aliphatic carbocycles. The Kier molecular flexibility index (Phi) is 5.20. The maximum absolute atomic E-state index is 11.2. The van der Waals surface area contributed by atoms with Gasteiger partial charge in [-0.15, -0.1) is 4.91 Å². The second-order valence-electron chi connectivity index (χ2n) is 5.64. The Balaban J connectivity index is 1.88. The van der Waals surface area contributed by atoms with Crippen molar-refractivity contribution in [2.45, 2.75) is 25.2 Å². The minimum Gasteiger partial charge on any atom is -0.505 e. The molecule has 0 bridgehead atoms. The maximum atomic E-state index is 11.2. The number of nitroso groups, excluding NO2 is 1. The van der Waals surface area contributed by atoms with Crippen LogP contribution in [0.4, 0.5) is 5.69 Å². The van der Waals surface area contributed by atoms with Crippen LogP contribution in [0.1, 0.15) is 41.1 Å². The number of rotatable bonds is 6. The molecule has 124 valence electrons. The summed E-state index contributed by atoms with van der Waals surface area (Å²) in [5.74, 6) is 0.367. The number of aromatic hydroxyl groups is 1.